The molecule has 1 unspecified atom stereocenters. The molecule has 0 fully saturated rings. The summed E-state index contributed by atoms with van der Waals surface area (Å²) >= 11 is 0. The number of hydrogen-bond donors (Lipinski definition) is 1. The van der Waals surface area contributed by atoms with Crippen LogP contribution in [0.15, 0.2) is 28.7 Å². The zero-order valence-corrected chi connectivity index (χ0v) is 13.3. The van der Waals surface area contributed by atoms with Crippen LogP contribution in [-0.4, -0.2) is 16.1 Å². The second-order valence-corrected chi connectivity index (χ2v) is 7.77. The average molecular weight is 295 g/mol. The van der Waals surface area contributed by atoms with Gasteiger partial charge < -0.3 is 9.15 Å². The fourth-order valence-electron chi connectivity index (χ4n) is 1.78. The molecule has 20 heavy (non-hydrogen) atoms. The summed E-state index contributed by atoms with van der Waals surface area (Å²) in [6.45, 7) is 7.75. The minimum Gasteiger partial charge on any atom is -0.497 e. The van der Waals surface area contributed by atoms with E-state index in [1.807, 2.05) is 52.0 Å². The van der Waals surface area contributed by atoms with Gasteiger partial charge in [0.2, 0.25) is 0 Å². The molecule has 0 aliphatic carbocycles. The maximum Gasteiger partial charge on any atom is 0.134 e. The first-order chi connectivity index (χ1) is 9.31. The molecule has 5 heteroatoms. The van der Waals surface area contributed by atoms with Crippen LogP contribution in [0.25, 0.3) is 11.0 Å². The van der Waals surface area contributed by atoms with Gasteiger partial charge in [-0.3, -0.25) is 0 Å². The molecule has 0 saturated carbocycles. The van der Waals surface area contributed by atoms with Crippen molar-refractivity contribution in [1.82, 2.24) is 4.72 Å². The lowest BCUT2D eigenvalue weighted by Gasteiger charge is -2.20. The second-order valence-electron chi connectivity index (χ2n) is 5.77. The van der Waals surface area contributed by atoms with Crippen LogP contribution in [0.3, 0.4) is 0 Å². The predicted molar refractivity (Wildman–Crippen MR) is 82.2 cm³/mol. The molecule has 110 valence electrons. The Balaban J connectivity index is 2.22. The van der Waals surface area contributed by atoms with Crippen LogP contribution in [-0.2, 0) is 11.0 Å². The summed E-state index contributed by atoms with van der Waals surface area (Å²) in [7, 11) is 0.507. The van der Waals surface area contributed by atoms with Gasteiger partial charge in [0.25, 0.3) is 0 Å². The molecule has 0 aliphatic rings. The predicted octanol–water partition coefficient (Wildman–Crippen LogP) is 3.55. The largest absolute Gasteiger partial charge is 0.497 e. The molecule has 2 atom stereocenters. The molecule has 1 aromatic carbocycles. The Labute approximate surface area is 122 Å². The summed E-state index contributed by atoms with van der Waals surface area (Å²) < 4.78 is 25.9. The molecular formula is C15H21NO3S. The van der Waals surface area contributed by atoms with Crippen molar-refractivity contribution in [2.45, 2.75) is 38.5 Å². The van der Waals surface area contributed by atoms with Crippen LogP contribution >= 0.6 is 0 Å². The summed E-state index contributed by atoms with van der Waals surface area (Å²) in [4.78, 5) is 0. The van der Waals surface area contributed by atoms with Crippen LogP contribution in [0.5, 0.6) is 5.75 Å². The molecule has 0 aliphatic heterocycles. The van der Waals surface area contributed by atoms with Crippen LogP contribution in [0.1, 0.15) is 39.5 Å². The minimum absolute atomic E-state index is 0.117. The van der Waals surface area contributed by atoms with E-state index in [0.29, 0.717) is 0 Å². The van der Waals surface area contributed by atoms with Crippen LogP contribution in [0.2, 0.25) is 0 Å². The zero-order chi connectivity index (χ0) is 14.9. The SMILES string of the molecule is COc1ccc2oc([C@@H](C)NS(=O)C(C)(C)C)cc2c1. The normalized spacial score (nSPS) is 15.2. The molecule has 0 amide bonds. The van der Waals surface area contributed by atoms with Crippen molar-refractivity contribution in [3.05, 3.63) is 30.0 Å². The number of ether oxygens (including phenoxy) is 1. The molecule has 0 bridgehead atoms. The summed E-state index contributed by atoms with van der Waals surface area (Å²) in [5.41, 5.74) is 0.802. The Hall–Kier alpha value is -1.33. The lowest BCUT2D eigenvalue weighted by molar-refractivity contribution is 0.415. The van der Waals surface area contributed by atoms with Gasteiger partial charge in [0.05, 0.1) is 28.9 Å². The third-order valence-electron chi connectivity index (χ3n) is 3.01. The maximum absolute atomic E-state index is 12.1. The molecule has 0 saturated heterocycles. The van der Waals surface area contributed by atoms with E-state index in [1.165, 1.54) is 0 Å². The van der Waals surface area contributed by atoms with Gasteiger partial charge in [-0.2, -0.15) is 0 Å². The monoisotopic (exact) mass is 295 g/mol. The molecule has 1 heterocycles. The first-order valence-electron chi connectivity index (χ1n) is 6.57. The third kappa shape index (κ3) is 3.22. The number of furan rings is 1. The molecule has 1 N–H and O–H groups in total. The molecule has 0 radical (unpaired) electrons. The van der Waals surface area contributed by atoms with E-state index in [1.54, 1.807) is 7.11 Å². The number of hydrogen-bond acceptors (Lipinski definition) is 3. The van der Waals surface area contributed by atoms with E-state index in [9.17, 15) is 4.21 Å². The van der Waals surface area contributed by atoms with E-state index in [0.717, 1.165) is 22.5 Å². The van der Waals surface area contributed by atoms with Gasteiger partial charge in [-0.1, -0.05) is 0 Å². The van der Waals surface area contributed by atoms with E-state index in [4.69, 9.17) is 9.15 Å². The van der Waals surface area contributed by atoms with E-state index in [-0.39, 0.29) is 10.8 Å². The number of fused-ring (bicyclic) bond motifs is 1. The second kappa shape index (κ2) is 5.58. The Morgan fingerprint density at radius 2 is 2.00 bits per heavy atom. The highest BCUT2D eigenvalue weighted by atomic mass is 32.2. The number of methoxy groups -OCH3 is 1. The van der Waals surface area contributed by atoms with Crippen molar-refractivity contribution in [3.8, 4) is 5.75 Å². The smallest absolute Gasteiger partial charge is 0.134 e. The quantitative estimate of drug-likeness (QED) is 0.938. The Morgan fingerprint density at radius 1 is 1.30 bits per heavy atom. The van der Waals surface area contributed by atoms with Crippen molar-refractivity contribution in [2.24, 2.45) is 0 Å². The van der Waals surface area contributed by atoms with Gasteiger partial charge >= 0.3 is 0 Å². The zero-order valence-electron chi connectivity index (χ0n) is 12.5. The highest BCUT2D eigenvalue weighted by Crippen LogP contribution is 2.27. The minimum atomic E-state index is -1.13. The molecular weight excluding hydrogens is 274 g/mol. The van der Waals surface area contributed by atoms with Gasteiger partial charge in [0.15, 0.2) is 0 Å². The van der Waals surface area contributed by atoms with E-state index < -0.39 is 11.0 Å². The van der Waals surface area contributed by atoms with Crippen LogP contribution in [0.4, 0.5) is 0 Å². The van der Waals surface area contributed by atoms with Gasteiger partial charge in [0.1, 0.15) is 17.1 Å². The van der Waals surface area contributed by atoms with Crippen molar-refractivity contribution in [3.63, 3.8) is 0 Å². The van der Waals surface area contributed by atoms with Crippen LogP contribution in [0, 0.1) is 0 Å². The van der Waals surface area contributed by atoms with Gasteiger partial charge in [-0.25, -0.2) is 8.93 Å². The van der Waals surface area contributed by atoms with E-state index in [2.05, 4.69) is 4.72 Å². The average Bonchev–Trinajstić information content (AvgIpc) is 2.80. The lowest BCUT2D eigenvalue weighted by Crippen LogP contribution is -2.34. The van der Waals surface area contributed by atoms with Crippen molar-refractivity contribution >= 4 is 22.0 Å². The van der Waals surface area contributed by atoms with Crippen LogP contribution < -0.4 is 9.46 Å². The van der Waals surface area contributed by atoms with Gasteiger partial charge in [-0.05, 0) is 52.0 Å². The molecule has 0 spiro atoms. The molecule has 2 rings (SSSR count). The fraction of sp³-hybridized carbons (Fsp3) is 0.467. The third-order valence-corrected chi connectivity index (χ3v) is 4.69. The number of benzene rings is 1. The van der Waals surface area contributed by atoms with Crippen molar-refractivity contribution < 1.29 is 13.4 Å². The Morgan fingerprint density at radius 3 is 2.60 bits per heavy atom. The highest BCUT2D eigenvalue weighted by molar-refractivity contribution is 7.84. The molecule has 4 nitrogen and oxygen atoms in total. The first-order valence-corrected chi connectivity index (χ1v) is 7.72. The van der Waals surface area contributed by atoms with E-state index >= 15 is 0 Å². The Kier molecular flexibility index (Phi) is 4.20. The lowest BCUT2D eigenvalue weighted by atomic mass is 10.2. The molecule has 2 aromatic rings. The molecule has 1 aromatic heterocycles. The highest BCUT2D eigenvalue weighted by Gasteiger charge is 2.23. The number of nitrogens with one attached hydrogen (secondary N) is 1. The first kappa shape index (κ1) is 15.1. The van der Waals surface area contributed by atoms with Crippen molar-refractivity contribution in [2.75, 3.05) is 7.11 Å². The van der Waals surface area contributed by atoms with Crippen molar-refractivity contribution in [1.29, 1.82) is 0 Å². The summed E-state index contributed by atoms with van der Waals surface area (Å²) in [6, 6.07) is 7.51. The summed E-state index contributed by atoms with van der Waals surface area (Å²) in [5.74, 6) is 1.56. The summed E-state index contributed by atoms with van der Waals surface area (Å²) in [5, 5.41) is 0.981. The topological polar surface area (TPSA) is 51.5 Å². The van der Waals surface area contributed by atoms with Gasteiger partial charge in [0, 0.05) is 5.39 Å². The van der Waals surface area contributed by atoms with Gasteiger partial charge in [-0.15, -0.1) is 0 Å². The fourth-order valence-corrected chi connectivity index (χ4v) is 2.57. The standard InChI is InChI=1S/C15H21NO3S/c1-10(16-20(17)15(2,3)4)14-9-11-8-12(18-5)6-7-13(11)19-14/h6-10,16H,1-5H3/t10-,20?/m1/s1. The Bertz CT molecular complexity index is 628. The summed E-state index contributed by atoms with van der Waals surface area (Å²) in [6.07, 6.45) is 0. The number of rotatable bonds is 4. The maximum atomic E-state index is 12.1.